The van der Waals surface area contributed by atoms with Gasteiger partial charge in [-0.1, -0.05) is 112 Å². The second kappa shape index (κ2) is 9.93. The zero-order valence-corrected chi connectivity index (χ0v) is 24.3. The van der Waals surface area contributed by atoms with E-state index >= 15 is 0 Å². The van der Waals surface area contributed by atoms with Gasteiger partial charge in [0.1, 0.15) is 0 Å². The summed E-state index contributed by atoms with van der Waals surface area (Å²) in [6, 6.07) is 24.4. The van der Waals surface area contributed by atoms with E-state index in [2.05, 4.69) is 141 Å². The maximum Gasteiger partial charge on any atom is 0.168 e. The predicted molar refractivity (Wildman–Crippen MR) is 158 cm³/mol. The van der Waals surface area contributed by atoms with E-state index < -0.39 is 0 Å². The number of hydrogen-bond donors (Lipinski definition) is 0. The van der Waals surface area contributed by atoms with E-state index in [9.17, 15) is 0 Å². The smallest absolute Gasteiger partial charge is 0.168 e. The summed E-state index contributed by atoms with van der Waals surface area (Å²) in [5.41, 5.74) is 8.56. The van der Waals surface area contributed by atoms with Gasteiger partial charge in [0.25, 0.3) is 0 Å². The standard InChI is InChI=1S/C34H43N3/c1-22(2)25-18-26(23(3)4)20-27(19-25)32-36-35-31(24-14-13-15-28(21-24)33(5,6)7)37(32)30-17-12-11-16-29(30)34(8,9)10/h11-23H,1-10H3. The SMILES string of the molecule is CC(C)c1cc(-c2nnc(-c3cccc(C(C)(C)C)c3)n2-c2ccccc2C(C)(C)C)cc(C(C)C)c1. The van der Waals surface area contributed by atoms with E-state index in [1.54, 1.807) is 0 Å². The minimum absolute atomic E-state index is 0.0362. The molecule has 0 unspecified atom stereocenters. The Balaban J connectivity index is 2.07. The van der Waals surface area contributed by atoms with E-state index in [-0.39, 0.29) is 10.8 Å². The Kier molecular flexibility index (Phi) is 7.21. The molecule has 0 atom stereocenters. The highest BCUT2D eigenvalue weighted by Gasteiger charge is 2.25. The van der Waals surface area contributed by atoms with Crippen LogP contribution in [0.1, 0.15) is 103 Å². The Morgan fingerprint density at radius 3 is 1.70 bits per heavy atom. The van der Waals surface area contributed by atoms with Crippen molar-refractivity contribution in [1.29, 1.82) is 0 Å². The van der Waals surface area contributed by atoms with Crippen LogP contribution < -0.4 is 0 Å². The van der Waals surface area contributed by atoms with Gasteiger partial charge in [0, 0.05) is 11.1 Å². The number of para-hydroxylation sites is 1. The molecule has 194 valence electrons. The number of nitrogens with zero attached hydrogens (tertiary/aromatic N) is 3. The van der Waals surface area contributed by atoms with Crippen LogP contribution >= 0.6 is 0 Å². The van der Waals surface area contributed by atoms with Gasteiger partial charge in [-0.3, -0.25) is 4.57 Å². The average Bonchev–Trinajstić information content (AvgIpc) is 3.28. The quantitative estimate of drug-likeness (QED) is 0.277. The van der Waals surface area contributed by atoms with Crippen LogP contribution in [-0.4, -0.2) is 14.8 Å². The first-order valence-electron chi connectivity index (χ1n) is 13.6. The molecule has 3 heteroatoms. The van der Waals surface area contributed by atoms with E-state index in [0.717, 1.165) is 28.5 Å². The van der Waals surface area contributed by atoms with Gasteiger partial charge in [0.2, 0.25) is 0 Å². The second-order valence-corrected chi connectivity index (χ2v) is 13.0. The van der Waals surface area contributed by atoms with Crippen molar-refractivity contribution in [3.63, 3.8) is 0 Å². The summed E-state index contributed by atoms with van der Waals surface area (Å²) < 4.78 is 2.28. The lowest BCUT2D eigenvalue weighted by atomic mass is 9.85. The molecule has 3 aromatic carbocycles. The maximum absolute atomic E-state index is 4.87. The normalized spacial score (nSPS) is 12.5. The van der Waals surface area contributed by atoms with E-state index in [1.165, 1.54) is 22.3 Å². The van der Waals surface area contributed by atoms with E-state index in [1.807, 2.05) is 0 Å². The Morgan fingerprint density at radius 1 is 0.595 bits per heavy atom. The largest absolute Gasteiger partial charge is 0.275 e. The number of rotatable bonds is 5. The Hall–Kier alpha value is -3.20. The maximum atomic E-state index is 4.87. The van der Waals surface area contributed by atoms with Crippen LogP contribution in [0.2, 0.25) is 0 Å². The predicted octanol–water partition coefficient (Wildman–Crippen LogP) is 9.44. The van der Waals surface area contributed by atoms with Crippen LogP contribution in [0, 0.1) is 0 Å². The van der Waals surface area contributed by atoms with Gasteiger partial charge in [0.05, 0.1) is 5.69 Å². The molecule has 37 heavy (non-hydrogen) atoms. The molecule has 1 aromatic heterocycles. The van der Waals surface area contributed by atoms with Crippen molar-refractivity contribution in [3.05, 3.63) is 89.0 Å². The van der Waals surface area contributed by atoms with Crippen molar-refractivity contribution in [2.75, 3.05) is 0 Å². The van der Waals surface area contributed by atoms with Gasteiger partial charge in [-0.05, 0) is 69.2 Å². The summed E-state index contributed by atoms with van der Waals surface area (Å²) in [5.74, 6) is 2.62. The zero-order chi connectivity index (χ0) is 27.1. The molecular formula is C34H43N3. The molecule has 4 rings (SSSR count). The van der Waals surface area contributed by atoms with E-state index in [0.29, 0.717) is 11.8 Å². The summed E-state index contributed by atoms with van der Waals surface area (Å²) in [6.07, 6.45) is 0. The lowest BCUT2D eigenvalue weighted by molar-refractivity contribution is 0.586. The molecule has 0 aliphatic heterocycles. The molecule has 0 aliphatic rings. The van der Waals surface area contributed by atoms with Gasteiger partial charge in [-0.15, -0.1) is 10.2 Å². The van der Waals surface area contributed by atoms with Gasteiger partial charge >= 0.3 is 0 Å². The molecule has 0 saturated heterocycles. The molecule has 0 fully saturated rings. The molecule has 4 aromatic rings. The van der Waals surface area contributed by atoms with Crippen molar-refractivity contribution in [2.24, 2.45) is 0 Å². The first-order valence-corrected chi connectivity index (χ1v) is 13.6. The van der Waals surface area contributed by atoms with Gasteiger partial charge in [0.15, 0.2) is 11.6 Å². The fraction of sp³-hybridized carbons (Fsp3) is 0.412. The third-order valence-corrected chi connectivity index (χ3v) is 7.17. The lowest BCUT2D eigenvalue weighted by Gasteiger charge is -2.25. The van der Waals surface area contributed by atoms with Crippen LogP contribution in [0.3, 0.4) is 0 Å². The lowest BCUT2D eigenvalue weighted by Crippen LogP contribution is -2.16. The molecule has 0 N–H and O–H groups in total. The van der Waals surface area contributed by atoms with Crippen molar-refractivity contribution in [1.82, 2.24) is 14.8 Å². The van der Waals surface area contributed by atoms with Crippen molar-refractivity contribution in [3.8, 4) is 28.5 Å². The molecule has 0 radical (unpaired) electrons. The molecule has 1 heterocycles. The Morgan fingerprint density at radius 2 is 1.16 bits per heavy atom. The highest BCUT2D eigenvalue weighted by atomic mass is 15.3. The summed E-state index contributed by atoms with van der Waals surface area (Å²) >= 11 is 0. The molecule has 0 amide bonds. The molecule has 0 spiro atoms. The summed E-state index contributed by atoms with van der Waals surface area (Å²) in [4.78, 5) is 0. The molecule has 0 saturated carbocycles. The van der Waals surface area contributed by atoms with Crippen molar-refractivity contribution < 1.29 is 0 Å². The number of benzene rings is 3. The summed E-state index contributed by atoms with van der Waals surface area (Å²) in [7, 11) is 0. The zero-order valence-electron chi connectivity index (χ0n) is 24.3. The fourth-order valence-corrected chi connectivity index (χ4v) is 4.79. The van der Waals surface area contributed by atoms with E-state index in [4.69, 9.17) is 10.2 Å². The van der Waals surface area contributed by atoms with Crippen LogP contribution in [0.15, 0.2) is 66.7 Å². The van der Waals surface area contributed by atoms with Gasteiger partial charge < -0.3 is 0 Å². The molecular weight excluding hydrogens is 450 g/mol. The van der Waals surface area contributed by atoms with Crippen LogP contribution in [-0.2, 0) is 10.8 Å². The van der Waals surface area contributed by atoms with Crippen LogP contribution in [0.4, 0.5) is 0 Å². The first-order chi connectivity index (χ1) is 17.3. The number of hydrogen-bond acceptors (Lipinski definition) is 2. The summed E-state index contributed by atoms with van der Waals surface area (Å²) in [5, 5.41) is 9.72. The third kappa shape index (κ3) is 5.56. The van der Waals surface area contributed by atoms with Crippen molar-refractivity contribution in [2.45, 2.75) is 91.9 Å². The molecule has 0 aliphatic carbocycles. The van der Waals surface area contributed by atoms with Gasteiger partial charge in [-0.2, -0.15) is 0 Å². The third-order valence-electron chi connectivity index (χ3n) is 7.17. The first kappa shape index (κ1) is 26.9. The minimum atomic E-state index is -0.0362. The highest BCUT2D eigenvalue weighted by molar-refractivity contribution is 5.69. The topological polar surface area (TPSA) is 30.7 Å². The second-order valence-electron chi connectivity index (χ2n) is 13.0. The van der Waals surface area contributed by atoms with Crippen LogP contribution in [0.5, 0.6) is 0 Å². The Bertz CT molecular complexity index is 1370. The van der Waals surface area contributed by atoms with Crippen LogP contribution in [0.25, 0.3) is 28.5 Å². The van der Waals surface area contributed by atoms with Crippen molar-refractivity contribution >= 4 is 0 Å². The molecule has 3 nitrogen and oxygen atoms in total. The number of aromatic nitrogens is 3. The fourth-order valence-electron chi connectivity index (χ4n) is 4.79. The molecule has 0 bridgehead atoms. The monoisotopic (exact) mass is 493 g/mol. The minimum Gasteiger partial charge on any atom is -0.275 e. The highest BCUT2D eigenvalue weighted by Crippen LogP contribution is 2.37. The Labute approximate surface area is 224 Å². The summed E-state index contributed by atoms with van der Waals surface area (Å²) in [6.45, 7) is 22.6. The van der Waals surface area contributed by atoms with Gasteiger partial charge in [-0.25, -0.2) is 0 Å². The average molecular weight is 494 g/mol.